The highest BCUT2D eigenvalue weighted by Gasteiger charge is 2.46. The first-order valence-corrected chi connectivity index (χ1v) is 11.9. The Bertz CT molecular complexity index is 1300. The average Bonchev–Trinajstić information content (AvgIpc) is 3.51. The van der Waals surface area contributed by atoms with Crippen molar-refractivity contribution in [2.45, 2.75) is 25.9 Å². The van der Waals surface area contributed by atoms with E-state index in [1.165, 1.54) is 4.90 Å². The van der Waals surface area contributed by atoms with E-state index in [-0.39, 0.29) is 11.3 Å². The molecule has 2 aromatic carbocycles. The predicted molar refractivity (Wildman–Crippen MR) is 131 cm³/mol. The number of nitrogens with zero attached hydrogens (tertiary/aromatic N) is 3. The molecule has 0 bridgehead atoms. The number of hydrogen-bond donors (Lipinski definition) is 1. The van der Waals surface area contributed by atoms with Gasteiger partial charge in [0.25, 0.3) is 11.7 Å². The normalized spacial score (nSPS) is 18.5. The number of aliphatic hydroxyl groups is 1. The van der Waals surface area contributed by atoms with Gasteiger partial charge in [0, 0.05) is 31.0 Å². The minimum Gasteiger partial charge on any atom is -0.507 e. The molecule has 1 atom stereocenters. The molecule has 1 unspecified atom stereocenters. The Hall–Kier alpha value is -4.27. The number of carbonyl (C=O) groups is 2. The summed E-state index contributed by atoms with van der Waals surface area (Å²) in [6.45, 7) is 4.16. The molecule has 1 aromatic heterocycles. The van der Waals surface area contributed by atoms with Gasteiger partial charge in [-0.2, -0.15) is 0 Å². The predicted octanol–water partition coefficient (Wildman–Crippen LogP) is 3.57. The van der Waals surface area contributed by atoms with Gasteiger partial charge in [-0.3, -0.25) is 9.59 Å². The second-order valence-electron chi connectivity index (χ2n) is 8.51. The van der Waals surface area contributed by atoms with Crippen LogP contribution in [-0.4, -0.2) is 57.6 Å². The first-order chi connectivity index (χ1) is 17.6. The quantitative estimate of drug-likeness (QED) is 0.293. The molecular formula is C27H27N3O6. The van der Waals surface area contributed by atoms with E-state index in [1.54, 1.807) is 36.8 Å². The number of rotatable bonds is 8. The van der Waals surface area contributed by atoms with Crippen LogP contribution in [0.25, 0.3) is 5.76 Å². The molecule has 5 rings (SSSR count). The number of aliphatic hydroxyl groups excluding tert-OH is 1. The molecule has 3 heterocycles. The van der Waals surface area contributed by atoms with E-state index < -0.39 is 17.7 Å². The molecule has 0 saturated carbocycles. The van der Waals surface area contributed by atoms with Crippen molar-refractivity contribution in [3.05, 3.63) is 77.9 Å². The van der Waals surface area contributed by atoms with E-state index in [0.717, 1.165) is 0 Å². The number of amides is 1. The molecule has 3 aromatic rings. The minimum absolute atomic E-state index is 0.0351. The van der Waals surface area contributed by atoms with Crippen LogP contribution in [0.3, 0.4) is 0 Å². The Balaban J connectivity index is 1.54. The number of ketones is 1. The van der Waals surface area contributed by atoms with Crippen molar-refractivity contribution >= 4 is 17.4 Å². The molecule has 9 nitrogen and oxygen atoms in total. The Morgan fingerprint density at radius 3 is 2.72 bits per heavy atom. The third kappa shape index (κ3) is 4.51. The third-order valence-corrected chi connectivity index (χ3v) is 6.21. The fourth-order valence-electron chi connectivity index (χ4n) is 4.59. The number of ether oxygens (including phenoxy) is 3. The molecule has 0 spiro atoms. The van der Waals surface area contributed by atoms with Crippen molar-refractivity contribution in [2.75, 3.05) is 26.4 Å². The highest BCUT2D eigenvalue weighted by atomic mass is 16.6. The number of imidazole rings is 1. The van der Waals surface area contributed by atoms with Gasteiger partial charge in [0.15, 0.2) is 11.5 Å². The second kappa shape index (κ2) is 10.2. The maximum atomic E-state index is 13.3. The van der Waals surface area contributed by atoms with Gasteiger partial charge < -0.3 is 28.8 Å². The first-order valence-electron chi connectivity index (χ1n) is 11.9. The summed E-state index contributed by atoms with van der Waals surface area (Å²) >= 11 is 0. The summed E-state index contributed by atoms with van der Waals surface area (Å²) in [6, 6.07) is 11.5. The lowest BCUT2D eigenvalue weighted by Crippen LogP contribution is -2.31. The van der Waals surface area contributed by atoms with Gasteiger partial charge in [-0.15, -0.1) is 0 Å². The molecular weight excluding hydrogens is 462 g/mol. The fraction of sp³-hybridized carbons (Fsp3) is 0.296. The summed E-state index contributed by atoms with van der Waals surface area (Å²) in [5, 5.41) is 11.3. The zero-order valence-electron chi connectivity index (χ0n) is 19.9. The monoisotopic (exact) mass is 489 g/mol. The summed E-state index contributed by atoms with van der Waals surface area (Å²) in [7, 11) is 0. The summed E-state index contributed by atoms with van der Waals surface area (Å²) in [5.74, 6) is 0.0458. The third-order valence-electron chi connectivity index (χ3n) is 6.21. The van der Waals surface area contributed by atoms with Crippen molar-refractivity contribution in [1.82, 2.24) is 14.5 Å². The van der Waals surface area contributed by atoms with Gasteiger partial charge in [-0.05, 0) is 49.2 Å². The molecule has 0 aliphatic carbocycles. The van der Waals surface area contributed by atoms with Crippen molar-refractivity contribution in [1.29, 1.82) is 0 Å². The first kappa shape index (κ1) is 23.5. The molecule has 1 N–H and O–H groups in total. The maximum Gasteiger partial charge on any atom is 0.295 e. The van der Waals surface area contributed by atoms with E-state index in [0.29, 0.717) is 67.7 Å². The van der Waals surface area contributed by atoms with Gasteiger partial charge in [-0.25, -0.2) is 4.98 Å². The van der Waals surface area contributed by atoms with Crippen molar-refractivity contribution in [3.63, 3.8) is 0 Å². The van der Waals surface area contributed by atoms with E-state index in [1.807, 2.05) is 35.9 Å². The average molecular weight is 490 g/mol. The Morgan fingerprint density at radius 1 is 1.11 bits per heavy atom. The number of Topliss-reactive ketones (excluding diaryl/α,β-unsaturated/α-hetero) is 1. The Kier molecular flexibility index (Phi) is 6.62. The molecule has 1 fully saturated rings. The topological polar surface area (TPSA) is 103 Å². The lowest BCUT2D eigenvalue weighted by Gasteiger charge is -2.26. The summed E-state index contributed by atoms with van der Waals surface area (Å²) in [4.78, 5) is 32.1. The highest BCUT2D eigenvalue weighted by molar-refractivity contribution is 6.46. The van der Waals surface area contributed by atoms with Crippen LogP contribution in [0.15, 0.2) is 66.8 Å². The van der Waals surface area contributed by atoms with Crippen LogP contribution in [0, 0.1) is 0 Å². The number of likely N-dealkylation sites (tertiary alicyclic amines) is 1. The molecule has 0 radical (unpaired) electrons. The minimum atomic E-state index is -0.763. The number of aromatic nitrogens is 2. The zero-order valence-corrected chi connectivity index (χ0v) is 19.9. The summed E-state index contributed by atoms with van der Waals surface area (Å²) in [5.41, 5.74) is 1.09. The van der Waals surface area contributed by atoms with Crippen LogP contribution in [0.5, 0.6) is 17.2 Å². The summed E-state index contributed by atoms with van der Waals surface area (Å²) < 4.78 is 18.8. The molecule has 2 aliphatic heterocycles. The number of hydrogen-bond acceptors (Lipinski definition) is 7. The molecule has 186 valence electrons. The van der Waals surface area contributed by atoms with Crippen LogP contribution < -0.4 is 14.2 Å². The SMILES string of the molecule is CCOc1cccc(C2/C(=C(\O)c3ccc4c(c3)OCCO4)C(=O)C(=O)N2CCCn2ccnc2)c1. The standard InChI is InChI=1S/C27H27N3O6/c1-2-34-20-6-3-5-18(15-20)24-23(25(31)19-7-8-21-22(16-19)36-14-13-35-21)26(32)27(33)30(24)11-4-10-29-12-9-28-17-29/h3,5-9,12,15-17,24,31H,2,4,10-11,13-14H2,1H3/b25-23+. The second-order valence-corrected chi connectivity index (χ2v) is 8.51. The molecule has 2 aliphatic rings. The smallest absolute Gasteiger partial charge is 0.295 e. The van der Waals surface area contributed by atoms with Gasteiger partial charge >= 0.3 is 0 Å². The van der Waals surface area contributed by atoms with Crippen molar-refractivity contribution in [2.24, 2.45) is 0 Å². The molecule has 1 amide bonds. The van der Waals surface area contributed by atoms with Gasteiger partial charge in [0.05, 0.1) is 24.5 Å². The summed E-state index contributed by atoms with van der Waals surface area (Å²) in [6.07, 6.45) is 5.85. The largest absolute Gasteiger partial charge is 0.507 e. The molecule has 1 saturated heterocycles. The Labute approximate surface area is 208 Å². The number of aryl methyl sites for hydroxylation is 1. The van der Waals surface area contributed by atoms with Crippen LogP contribution in [0.4, 0.5) is 0 Å². The number of carbonyl (C=O) groups excluding carboxylic acids is 2. The van der Waals surface area contributed by atoms with Gasteiger partial charge in [-0.1, -0.05) is 12.1 Å². The van der Waals surface area contributed by atoms with E-state index in [4.69, 9.17) is 14.2 Å². The van der Waals surface area contributed by atoms with Crippen LogP contribution in [-0.2, 0) is 16.1 Å². The number of fused-ring (bicyclic) bond motifs is 1. The van der Waals surface area contributed by atoms with Gasteiger partial charge in [0.2, 0.25) is 0 Å². The van der Waals surface area contributed by atoms with Crippen LogP contribution in [0.1, 0.15) is 30.5 Å². The number of benzene rings is 2. The molecule has 36 heavy (non-hydrogen) atoms. The molecule has 9 heteroatoms. The Morgan fingerprint density at radius 2 is 1.94 bits per heavy atom. The zero-order chi connectivity index (χ0) is 25.1. The van der Waals surface area contributed by atoms with Gasteiger partial charge in [0.1, 0.15) is 24.7 Å². The highest BCUT2D eigenvalue weighted by Crippen LogP contribution is 2.41. The fourth-order valence-corrected chi connectivity index (χ4v) is 4.59. The lowest BCUT2D eigenvalue weighted by molar-refractivity contribution is -0.139. The van der Waals surface area contributed by atoms with Crippen molar-refractivity contribution < 1.29 is 28.9 Å². The lowest BCUT2D eigenvalue weighted by atomic mass is 9.95. The maximum absolute atomic E-state index is 13.3. The van der Waals surface area contributed by atoms with E-state index in [9.17, 15) is 14.7 Å². The van der Waals surface area contributed by atoms with Crippen molar-refractivity contribution in [3.8, 4) is 17.2 Å². The van der Waals surface area contributed by atoms with E-state index >= 15 is 0 Å². The van der Waals surface area contributed by atoms with Crippen LogP contribution >= 0.6 is 0 Å². The van der Waals surface area contributed by atoms with E-state index in [2.05, 4.69) is 4.98 Å². The van der Waals surface area contributed by atoms with Crippen LogP contribution in [0.2, 0.25) is 0 Å².